The van der Waals surface area contributed by atoms with E-state index in [1.54, 1.807) is 13.0 Å². The molecule has 1 amide bonds. The normalized spacial score (nSPS) is 11.0. The van der Waals surface area contributed by atoms with Crippen LogP contribution in [0.3, 0.4) is 0 Å². The molecule has 0 spiro atoms. The van der Waals surface area contributed by atoms with Crippen LogP contribution in [0.15, 0.2) is 23.0 Å². The monoisotopic (exact) mass is 414 g/mol. The summed E-state index contributed by atoms with van der Waals surface area (Å²) in [6.45, 7) is 7.36. The summed E-state index contributed by atoms with van der Waals surface area (Å²) < 4.78 is 1.41. The molecule has 0 saturated carbocycles. The highest BCUT2D eigenvalue weighted by Crippen LogP contribution is 2.26. The smallest absolute Gasteiger partial charge is 0.271 e. The summed E-state index contributed by atoms with van der Waals surface area (Å²) in [5.74, 6) is 0.135. The lowest BCUT2D eigenvalue weighted by atomic mass is 10.2. The van der Waals surface area contributed by atoms with E-state index in [4.69, 9.17) is 0 Å². The number of benzene rings is 1. The second kappa shape index (κ2) is 8.12. The maximum Gasteiger partial charge on any atom is 0.271 e. The second-order valence-electron chi connectivity index (χ2n) is 6.94. The first-order chi connectivity index (χ1) is 13.7. The predicted octanol–water partition coefficient (Wildman–Crippen LogP) is 3.88. The molecular weight excluding hydrogens is 392 g/mol. The third kappa shape index (κ3) is 4.04. The van der Waals surface area contributed by atoms with Crippen LogP contribution in [0.4, 0.5) is 11.4 Å². The highest BCUT2D eigenvalue weighted by molar-refractivity contribution is 7.18. The summed E-state index contributed by atoms with van der Waals surface area (Å²) in [4.78, 5) is 42.6. The first-order valence-electron chi connectivity index (χ1n) is 9.27. The number of hydrogen-bond donors (Lipinski definition) is 1. The number of nitrogens with one attached hydrogen (secondary N) is 1. The molecule has 9 heteroatoms. The molecule has 3 aromatic rings. The molecule has 3 rings (SSSR count). The van der Waals surface area contributed by atoms with E-state index in [1.807, 2.05) is 20.8 Å². The number of thiophene rings is 1. The molecule has 2 heterocycles. The van der Waals surface area contributed by atoms with E-state index in [0.717, 1.165) is 16.9 Å². The fourth-order valence-corrected chi connectivity index (χ4v) is 4.18. The van der Waals surface area contributed by atoms with Crippen molar-refractivity contribution in [3.8, 4) is 0 Å². The Bertz CT molecular complexity index is 1180. The van der Waals surface area contributed by atoms with Gasteiger partial charge in [-0.15, -0.1) is 11.3 Å². The standard InChI is InChI=1S/C20H22N4O4S/c1-5-6-16-22-19-18(12(3)13(4)29-19)20(26)23(16)10-17(25)21-15-9-14(24(27)28)8-7-11(15)2/h7-9H,5-6,10H2,1-4H3,(H,21,25). The van der Waals surface area contributed by atoms with Crippen LogP contribution in [-0.2, 0) is 17.8 Å². The van der Waals surface area contributed by atoms with Gasteiger partial charge in [-0.1, -0.05) is 13.0 Å². The third-order valence-corrected chi connectivity index (χ3v) is 5.95. The highest BCUT2D eigenvalue weighted by Gasteiger charge is 2.18. The predicted molar refractivity (Wildman–Crippen MR) is 114 cm³/mol. The van der Waals surface area contributed by atoms with Gasteiger partial charge in [0.15, 0.2) is 0 Å². The zero-order valence-electron chi connectivity index (χ0n) is 16.7. The summed E-state index contributed by atoms with van der Waals surface area (Å²) >= 11 is 1.48. The maximum absolute atomic E-state index is 13.1. The van der Waals surface area contributed by atoms with Crippen molar-refractivity contribution in [2.45, 2.75) is 47.1 Å². The van der Waals surface area contributed by atoms with Crippen molar-refractivity contribution < 1.29 is 9.72 Å². The first-order valence-corrected chi connectivity index (χ1v) is 10.1. The van der Waals surface area contributed by atoms with Crippen LogP contribution in [0.5, 0.6) is 0 Å². The number of nitro benzene ring substituents is 1. The summed E-state index contributed by atoms with van der Waals surface area (Å²) in [5.41, 5.74) is 1.59. The molecular formula is C20H22N4O4S. The number of nitrogens with zero attached hydrogens (tertiary/aromatic N) is 3. The zero-order chi connectivity index (χ0) is 21.3. The molecule has 8 nitrogen and oxygen atoms in total. The number of aromatic nitrogens is 2. The summed E-state index contributed by atoms with van der Waals surface area (Å²) in [7, 11) is 0. The number of carbonyl (C=O) groups is 1. The number of rotatable bonds is 6. The lowest BCUT2D eigenvalue weighted by Crippen LogP contribution is -2.31. The Morgan fingerprint density at radius 1 is 1.31 bits per heavy atom. The molecule has 0 aliphatic heterocycles. The van der Waals surface area contributed by atoms with E-state index in [9.17, 15) is 19.7 Å². The van der Waals surface area contributed by atoms with Crippen LogP contribution >= 0.6 is 11.3 Å². The van der Waals surface area contributed by atoms with Gasteiger partial charge in [-0.2, -0.15) is 0 Å². The van der Waals surface area contributed by atoms with Crippen molar-refractivity contribution >= 4 is 38.8 Å². The van der Waals surface area contributed by atoms with Crippen molar-refractivity contribution in [3.05, 3.63) is 60.5 Å². The summed E-state index contributed by atoms with van der Waals surface area (Å²) in [6.07, 6.45) is 1.36. The van der Waals surface area contributed by atoms with Crippen molar-refractivity contribution in [1.29, 1.82) is 0 Å². The van der Waals surface area contributed by atoms with Gasteiger partial charge in [0, 0.05) is 23.4 Å². The number of hydrogen-bond acceptors (Lipinski definition) is 6. The molecule has 0 bridgehead atoms. The van der Waals surface area contributed by atoms with E-state index >= 15 is 0 Å². The van der Waals surface area contributed by atoms with E-state index < -0.39 is 10.8 Å². The van der Waals surface area contributed by atoms with Gasteiger partial charge in [0.1, 0.15) is 17.2 Å². The number of amides is 1. The number of non-ortho nitro benzene ring substituents is 1. The van der Waals surface area contributed by atoms with Gasteiger partial charge >= 0.3 is 0 Å². The van der Waals surface area contributed by atoms with Crippen molar-refractivity contribution in [3.63, 3.8) is 0 Å². The Hall–Kier alpha value is -3.07. The fraction of sp³-hybridized carbons (Fsp3) is 0.350. The van der Waals surface area contributed by atoms with Crippen LogP contribution < -0.4 is 10.9 Å². The lowest BCUT2D eigenvalue weighted by Gasteiger charge is -2.13. The summed E-state index contributed by atoms with van der Waals surface area (Å²) in [5, 5.41) is 14.2. The number of fused-ring (bicyclic) bond motifs is 1. The second-order valence-corrected chi connectivity index (χ2v) is 8.14. The molecule has 0 aliphatic carbocycles. The van der Waals surface area contributed by atoms with Crippen LogP contribution in [0.2, 0.25) is 0 Å². The van der Waals surface area contributed by atoms with Crippen LogP contribution in [-0.4, -0.2) is 20.4 Å². The van der Waals surface area contributed by atoms with Crippen LogP contribution in [0, 0.1) is 30.9 Å². The molecule has 1 aromatic carbocycles. The molecule has 0 unspecified atom stereocenters. The first kappa shape index (κ1) is 20.7. The quantitative estimate of drug-likeness (QED) is 0.486. The average molecular weight is 414 g/mol. The summed E-state index contributed by atoms with van der Waals surface area (Å²) in [6, 6.07) is 4.28. The number of carbonyl (C=O) groups excluding carboxylic acids is 1. The lowest BCUT2D eigenvalue weighted by molar-refractivity contribution is -0.384. The van der Waals surface area contributed by atoms with Gasteiger partial charge in [-0.25, -0.2) is 4.98 Å². The zero-order valence-corrected chi connectivity index (χ0v) is 17.6. The molecule has 152 valence electrons. The Morgan fingerprint density at radius 3 is 2.69 bits per heavy atom. The van der Waals surface area contributed by atoms with E-state index in [1.165, 1.54) is 28.0 Å². The Morgan fingerprint density at radius 2 is 2.03 bits per heavy atom. The Kier molecular flexibility index (Phi) is 5.78. The van der Waals surface area contributed by atoms with Gasteiger partial charge in [0.25, 0.3) is 11.2 Å². The molecule has 2 aromatic heterocycles. The van der Waals surface area contributed by atoms with E-state index in [0.29, 0.717) is 33.7 Å². The SMILES string of the molecule is CCCc1nc2sc(C)c(C)c2c(=O)n1CC(=O)Nc1cc([N+](=O)[O-])ccc1C. The maximum atomic E-state index is 13.1. The highest BCUT2D eigenvalue weighted by atomic mass is 32.1. The Balaban J connectivity index is 1.98. The van der Waals surface area contributed by atoms with Crippen molar-refractivity contribution in [1.82, 2.24) is 9.55 Å². The van der Waals surface area contributed by atoms with Gasteiger partial charge in [0.2, 0.25) is 5.91 Å². The van der Waals surface area contributed by atoms with Crippen LogP contribution in [0.25, 0.3) is 10.2 Å². The van der Waals surface area contributed by atoms with Gasteiger partial charge in [-0.3, -0.25) is 24.3 Å². The number of nitro groups is 1. The Labute approximate surface area is 171 Å². The van der Waals surface area contributed by atoms with Crippen LogP contribution in [0.1, 0.15) is 35.2 Å². The van der Waals surface area contributed by atoms with Crippen molar-refractivity contribution in [2.75, 3.05) is 5.32 Å². The minimum absolute atomic E-state index is 0.109. The van der Waals surface area contributed by atoms with Gasteiger partial charge in [-0.05, 0) is 38.3 Å². The van der Waals surface area contributed by atoms with E-state index in [2.05, 4.69) is 10.3 Å². The van der Waals surface area contributed by atoms with E-state index in [-0.39, 0.29) is 17.8 Å². The average Bonchev–Trinajstić information content (AvgIpc) is 2.94. The van der Waals surface area contributed by atoms with Gasteiger partial charge < -0.3 is 5.32 Å². The minimum Gasteiger partial charge on any atom is -0.324 e. The molecule has 0 saturated heterocycles. The minimum atomic E-state index is -0.515. The molecule has 0 aliphatic rings. The molecule has 29 heavy (non-hydrogen) atoms. The molecule has 0 radical (unpaired) electrons. The number of anilines is 1. The molecule has 1 N–H and O–H groups in total. The molecule has 0 fully saturated rings. The van der Waals surface area contributed by atoms with Crippen molar-refractivity contribution in [2.24, 2.45) is 0 Å². The third-order valence-electron chi connectivity index (χ3n) is 4.85. The molecule has 0 atom stereocenters. The largest absolute Gasteiger partial charge is 0.324 e. The topological polar surface area (TPSA) is 107 Å². The number of aryl methyl sites for hydroxylation is 4. The fourth-order valence-electron chi connectivity index (χ4n) is 3.14. The van der Waals surface area contributed by atoms with Gasteiger partial charge in [0.05, 0.1) is 16.0 Å².